The molecule has 0 aromatic carbocycles. The number of esters is 4. The summed E-state index contributed by atoms with van der Waals surface area (Å²) in [5.74, 6) is -2.78. The minimum Gasteiger partial charge on any atom is -0.457 e. The molecule has 0 saturated carbocycles. The number of hydrogen-bond acceptors (Lipinski definition) is 26. The summed E-state index contributed by atoms with van der Waals surface area (Å²) in [5.41, 5.74) is 0. The molecule has 6 saturated heterocycles. The van der Waals surface area contributed by atoms with Crippen molar-refractivity contribution in [3.8, 4) is 0 Å². The number of carbonyl (C=O) groups is 4. The molecule has 6 rings (SSSR count). The minimum absolute atomic E-state index is 0.0446. The predicted molar refractivity (Wildman–Crippen MR) is 474 cm³/mol. The quantitative estimate of drug-likeness (QED) is 0.0159. The molecule has 726 valence electrons. The number of rotatable bonds is 60. The normalized spacial score (nSPS) is 32.5. The van der Waals surface area contributed by atoms with Gasteiger partial charge in [0.1, 0.15) is 73.2 Å². The Bertz CT molecular complexity index is 2700. The summed E-state index contributed by atoms with van der Waals surface area (Å²) >= 11 is 0. The Morgan fingerprint density at radius 3 is 1.15 bits per heavy atom. The Hall–Kier alpha value is -2.84. The van der Waals surface area contributed by atoms with E-state index in [4.69, 9.17) is 66.3 Å². The van der Waals surface area contributed by atoms with E-state index in [2.05, 4.69) is 27.7 Å². The maximum absolute atomic E-state index is 15.0. The summed E-state index contributed by atoms with van der Waals surface area (Å²) in [6, 6.07) is 0. The molecule has 0 aromatic rings. The average Bonchev–Trinajstić information content (AvgIpc) is 0.758. The standard InChI is InChI=1S/C98H178O26/c1-9-13-17-20-23-26-29-32-33-34-35-38-41-43-48-53-59-65-76(101)118-89-80(105)74(68-99)116-96(84(89)109)124-92-88(121-94-83(108)82(107)86(70(6)112-94)117-75(100)64-58-52-47-42-39-36-30-27-24-21-18-14-10-2)72(8)114-98(93(92)120-78(103)67-61-54-49-44-40-37-31-28-25-22-19-15-11-3)122-87-71(7)113-95-85(110)90(87)119-77(102)66-60-55-50-45-46-51-57-63-73(62-56-16-12-4)115-97-91(123-95)81(106)79(104)69(5)111-97/h69-74,79-99,104-110H,9-68H2,1-8H3. The lowest BCUT2D eigenvalue weighted by molar-refractivity contribution is -0.400. The van der Waals surface area contributed by atoms with Gasteiger partial charge in [0.15, 0.2) is 55.9 Å². The highest BCUT2D eigenvalue weighted by Crippen LogP contribution is 2.41. The van der Waals surface area contributed by atoms with Gasteiger partial charge in [0.25, 0.3) is 0 Å². The van der Waals surface area contributed by atoms with Crippen LogP contribution in [0.4, 0.5) is 0 Å². The van der Waals surface area contributed by atoms with Crippen LogP contribution in [-0.2, 0) is 85.5 Å². The summed E-state index contributed by atoms with van der Waals surface area (Å²) in [5, 5.41) is 95.7. The second kappa shape index (κ2) is 65.7. The largest absolute Gasteiger partial charge is 0.457 e. The van der Waals surface area contributed by atoms with Crippen LogP contribution in [0.1, 0.15) is 434 Å². The van der Waals surface area contributed by atoms with Crippen molar-refractivity contribution in [3.63, 3.8) is 0 Å². The third-order valence-corrected chi connectivity index (χ3v) is 26.4. The molecule has 26 nitrogen and oxygen atoms in total. The van der Waals surface area contributed by atoms with E-state index in [1.165, 1.54) is 161 Å². The summed E-state index contributed by atoms with van der Waals surface area (Å²) < 4.78 is 91.0. The molecule has 124 heavy (non-hydrogen) atoms. The Kier molecular flexibility index (Phi) is 58.2. The van der Waals surface area contributed by atoms with Gasteiger partial charge in [-0.25, -0.2) is 0 Å². The first-order chi connectivity index (χ1) is 60.2. The van der Waals surface area contributed by atoms with Crippen LogP contribution in [0.5, 0.6) is 0 Å². The number of hydrogen-bond donors (Lipinski definition) is 8. The Morgan fingerprint density at radius 2 is 0.677 bits per heavy atom. The molecule has 0 spiro atoms. The van der Waals surface area contributed by atoms with Crippen molar-refractivity contribution in [2.45, 2.75) is 594 Å². The first-order valence-electron chi connectivity index (χ1n) is 50.9. The molecule has 6 aliphatic heterocycles. The van der Waals surface area contributed by atoms with Crippen LogP contribution in [0.2, 0.25) is 0 Å². The zero-order valence-electron chi connectivity index (χ0n) is 78.4. The summed E-state index contributed by atoms with van der Waals surface area (Å²) in [7, 11) is 0. The van der Waals surface area contributed by atoms with Crippen LogP contribution in [0.15, 0.2) is 0 Å². The van der Waals surface area contributed by atoms with Crippen LogP contribution in [0, 0.1) is 0 Å². The highest BCUT2D eigenvalue weighted by Gasteiger charge is 2.59. The molecule has 0 amide bonds. The lowest BCUT2D eigenvalue weighted by atomic mass is 9.95. The van der Waals surface area contributed by atoms with E-state index in [1.54, 1.807) is 27.7 Å². The van der Waals surface area contributed by atoms with Crippen LogP contribution >= 0.6 is 0 Å². The minimum atomic E-state index is -2.02. The number of ether oxygens (including phenoxy) is 14. The number of unbranched alkanes of at least 4 members (excludes halogenated alkanes) is 42. The Labute approximate surface area is 747 Å². The smallest absolute Gasteiger partial charge is 0.306 e. The Morgan fingerprint density at radius 1 is 0.306 bits per heavy atom. The van der Waals surface area contributed by atoms with Gasteiger partial charge in [0, 0.05) is 25.7 Å². The number of fused-ring (bicyclic) bond motifs is 3. The second-order valence-corrected chi connectivity index (χ2v) is 37.4. The van der Waals surface area contributed by atoms with Crippen molar-refractivity contribution < 1.29 is 126 Å². The SMILES string of the molecule is CCCCCCCCCCCCCCCCCCCC(=O)OC1C(O)C(CO)OC(OC2C(OC3OC(C)C(OC(=O)CCCCCCCCCCCCCCC)C(O)C3O)C(C)OC(OC3C(C)OC4OC5C(OC(CCCCC)CCCCCCCCCC(=O)OC3C4O)OC(C)C(O)C5O)C2OC(=O)CCCCCCCCCCCCCCC)C1O. The van der Waals surface area contributed by atoms with E-state index in [0.717, 1.165) is 148 Å². The van der Waals surface area contributed by atoms with Crippen molar-refractivity contribution in [1.29, 1.82) is 0 Å². The topological polar surface area (TPSA) is 359 Å². The van der Waals surface area contributed by atoms with Gasteiger partial charge in [-0.3, -0.25) is 19.2 Å². The van der Waals surface area contributed by atoms with Gasteiger partial charge in [-0.1, -0.05) is 342 Å². The third kappa shape index (κ3) is 41.1. The average molecular weight is 1770 g/mol. The fraction of sp³-hybridized carbons (Fsp3) is 0.959. The van der Waals surface area contributed by atoms with E-state index in [9.17, 15) is 60.0 Å². The molecule has 6 heterocycles. The second-order valence-electron chi connectivity index (χ2n) is 37.4. The van der Waals surface area contributed by atoms with Gasteiger partial charge in [-0.15, -0.1) is 0 Å². The molecule has 2 bridgehead atoms. The maximum Gasteiger partial charge on any atom is 0.306 e. The molecular formula is C98H178O26. The van der Waals surface area contributed by atoms with Crippen LogP contribution in [0.25, 0.3) is 0 Å². The van der Waals surface area contributed by atoms with Crippen LogP contribution in [-0.4, -0.2) is 231 Å². The predicted octanol–water partition coefficient (Wildman–Crippen LogP) is 17.9. The molecular weight excluding hydrogens is 1590 g/mol. The summed E-state index contributed by atoms with van der Waals surface area (Å²) in [4.78, 5) is 56.8. The maximum atomic E-state index is 15.0. The van der Waals surface area contributed by atoms with Crippen molar-refractivity contribution in [2.24, 2.45) is 0 Å². The van der Waals surface area contributed by atoms with E-state index < -0.39 is 184 Å². The lowest BCUT2D eigenvalue weighted by Gasteiger charge is -2.51. The van der Waals surface area contributed by atoms with Gasteiger partial charge >= 0.3 is 23.9 Å². The van der Waals surface area contributed by atoms with Crippen molar-refractivity contribution in [2.75, 3.05) is 6.61 Å². The highest BCUT2D eigenvalue weighted by atomic mass is 16.8. The molecule has 8 N–H and O–H groups in total. The summed E-state index contributed by atoms with van der Waals surface area (Å²) in [6.07, 6.45) is 17.3. The Balaban J connectivity index is 1.29. The lowest BCUT2D eigenvalue weighted by Crippen LogP contribution is -2.68. The van der Waals surface area contributed by atoms with Crippen molar-refractivity contribution in [1.82, 2.24) is 0 Å². The molecule has 0 aliphatic carbocycles. The molecule has 0 radical (unpaired) electrons. The highest BCUT2D eigenvalue weighted by molar-refractivity contribution is 5.71. The fourth-order valence-electron chi connectivity index (χ4n) is 18.5. The van der Waals surface area contributed by atoms with Gasteiger partial charge < -0.3 is 107 Å². The zero-order valence-corrected chi connectivity index (χ0v) is 78.4. The van der Waals surface area contributed by atoms with E-state index in [-0.39, 0.29) is 31.8 Å². The number of aliphatic hydroxyl groups excluding tert-OH is 8. The van der Waals surface area contributed by atoms with Crippen molar-refractivity contribution in [3.05, 3.63) is 0 Å². The molecule has 0 aromatic heterocycles. The van der Waals surface area contributed by atoms with Crippen LogP contribution in [0.3, 0.4) is 0 Å². The summed E-state index contributed by atoms with van der Waals surface area (Å²) in [6.45, 7) is 14.2. The number of carbonyl (C=O) groups excluding carboxylic acids is 4. The van der Waals surface area contributed by atoms with Gasteiger partial charge in [0.05, 0.1) is 37.1 Å². The molecule has 26 heteroatoms. The zero-order chi connectivity index (χ0) is 89.6. The molecule has 6 fully saturated rings. The van der Waals surface area contributed by atoms with E-state index in [0.29, 0.717) is 44.9 Å². The van der Waals surface area contributed by atoms with E-state index >= 15 is 0 Å². The van der Waals surface area contributed by atoms with E-state index in [1.807, 2.05) is 0 Å². The molecule has 6 aliphatic rings. The van der Waals surface area contributed by atoms with Crippen molar-refractivity contribution >= 4 is 23.9 Å². The van der Waals surface area contributed by atoms with Gasteiger partial charge in [-0.2, -0.15) is 0 Å². The first-order valence-corrected chi connectivity index (χ1v) is 50.9. The van der Waals surface area contributed by atoms with Gasteiger partial charge in [-0.05, 0) is 66.2 Å². The molecule has 26 atom stereocenters. The van der Waals surface area contributed by atoms with Gasteiger partial charge in [0.2, 0.25) is 0 Å². The van der Waals surface area contributed by atoms with Crippen LogP contribution < -0.4 is 0 Å². The fourth-order valence-corrected chi connectivity index (χ4v) is 18.5. The first kappa shape index (κ1) is 110. The number of aliphatic hydroxyl groups is 8. The molecule has 26 unspecified atom stereocenters. The third-order valence-electron chi connectivity index (χ3n) is 26.4. The monoisotopic (exact) mass is 1770 g/mol.